The van der Waals surface area contributed by atoms with Gasteiger partial charge in [-0.25, -0.2) is 0 Å². The average molecular weight is 284 g/mol. The fourth-order valence-electron chi connectivity index (χ4n) is 3.67. The summed E-state index contributed by atoms with van der Waals surface area (Å²) < 4.78 is 5.62. The molecule has 1 saturated heterocycles. The lowest BCUT2D eigenvalue weighted by atomic mass is 9.72. The van der Waals surface area contributed by atoms with Crippen LogP contribution < -0.4 is 0 Å². The van der Waals surface area contributed by atoms with Crippen LogP contribution in [0.3, 0.4) is 0 Å². The largest absolute Gasteiger partial charge is 0.495 e. The fraction of sp³-hybridized carbons (Fsp3) is 0.750. The topological polar surface area (TPSA) is 12.5 Å². The van der Waals surface area contributed by atoms with Gasteiger partial charge in [-0.1, -0.05) is 13.0 Å². The first-order chi connectivity index (χ1) is 8.86. The van der Waals surface area contributed by atoms with E-state index in [1.165, 1.54) is 12.1 Å². The van der Waals surface area contributed by atoms with Crippen molar-refractivity contribution in [1.29, 1.82) is 0 Å². The van der Waals surface area contributed by atoms with Crippen molar-refractivity contribution < 1.29 is 4.74 Å². The van der Waals surface area contributed by atoms with Crippen molar-refractivity contribution in [2.45, 2.75) is 51.5 Å². The lowest BCUT2D eigenvalue weighted by molar-refractivity contribution is 0.0499. The predicted octanol–water partition coefficient (Wildman–Crippen LogP) is 4.17. The highest BCUT2D eigenvalue weighted by Crippen LogP contribution is 2.46. The smallest absolute Gasteiger partial charge is 0.137 e. The zero-order chi connectivity index (χ0) is 14.2. The third-order valence-corrected chi connectivity index (χ3v) is 4.58. The van der Waals surface area contributed by atoms with Crippen LogP contribution in [0.4, 0.5) is 0 Å². The Balaban J connectivity index is 2.45. The summed E-state index contributed by atoms with van der Waals surface area (Å²) in [6, 6.07) is 0. The van der Waals surface area contributed by atoms with Gasteiger partial charge in [-0.2, -0.15) is 0 Å². The van der Waals surface area contributed by atoms with E-state index in [9.17, 15) is 0 Å². The molecule has 0 amide bonds. The number of alkyl halides is 1. The molecule has 1 fully saturated rings. The van der Waals surface area contributed by atoms with Crippen molar-refractivity contribution in [1.82, 2.24) is 4.90 Å². The molecule has 0 radical (unpaired) electrons. The molecule has 3 atom stereocenters. The summed E-state index contributed by atoms with van der Waals surface area (Å²) in [7, 11) is 1.77. The molecule has 0 aromatic carbocycles. The van der Waals surface area contributed by atoms with Crippen LogP contribution in [0, 0.1) is 11.8 Å². The number of fused-ring (bicyclic) bond motifs is 1. The van der Waals surface area contributed by atoms with Gasteiger partial charge < -0.3 is 9.64 Å². The first kappa shape index (κ1) is 14.8. The Morgan fingerprint density at radius 1 is 1.53 bits per heavy atom. The molecule has 2 aliphatic rings. The van der Waals surface area contributed by atoms with Gasteiger partial charge in [-0.05, 0) is 45.6 Å². The third-order valence-electron chi connectivity index (χ3n) is 4.45. The summed E-state index contributed by atoms with van der Waals surface area (Å²) in [5, 5.41) is 0.143. The molecule has 1 aliphatic heterocycles. The maximum Gasteiger partial charge on any atom is 0.137 e. The van der Waals surface area contributed by atoms with Crippen LogP contribution in [0.15, 0.2) is 23.6 Å². The molecule has 0 saturated carbocycles. The van der Waals surface area contributed by atoms with Crippen LogP contribution in [0.1, 0.15) is 40.5 Å². The van der Waals surface area contributed by atoms with Gasteiger partial charge in [0.15, 0.2) is 0 Å². The number of methoxy groups -OCH3 is 1. The number of hydrogen-bond donors (Lipinski definition) is 0. The van der Waals surface area contributed by atoms with Crippen LogP contribution in [0.2, 0.25) is 0 Å². The summed E-state index contributed by atoms with van der Waals surface area (Å²) in [5.41, 5.74) is 1.50. The summed E-state index contributed by atoms with van der Waals surface area (Å²) in [5.74, 6) is 2.28. The van der Waals surface area contributed by atoms with Gasteiger partial charge in [0.05, 0.1) is 12.8 Å². The molecular formula is C16H26ClNO. The first-order valence-corrected chi connectivity index (χ1v) is 7.67. The minimum absolute atomic E-state index is 0.142. The second-order valence-corrected chi connectivity index (χ2v) is 7.33. The quantitative estimate of drug-likeness (QED) is 0.721. The van der Waals surface area contributed by atoms with E-state index in [4.69, 9.17) is 16.3 Å². The number of halogens is 1. The number of hydrogen-bond acceptors (Lipinski definition) is 2. The summed E-state index contributed by atoms with van der Waals surface area (Å²) in [4.78, 5) is 2.48. The van der Waals surface area contributed by atoms with Crippen LogP contribution in [-0.2, 0) is 4.74 Å². The Morgan fingerprint density at radius 2 is 2.21 bits per heavy atom. The van der Waals surface area contributed by atoms with Gasteiger partial charge in [0, 0.05) is 23.4 Å². The van der Waals surface area contributed by atoms with E-state index in [1.807, 2.05) is 0 Å². The van der Waals surface area contributed by atoms with E-state index in [1.54, 1.807) is 7.11 Å². The molecule has 1 aliphatic carbocycles. The molecule has 19 heavy (non-hydrogen) atoms. The molecule has 108 valence electrons. The van der Waals surface area contributed by atoms with Crippen molar-refractivity contribution in [3.05, 3.63) is 23.6 Å². The Hall–Kier alpha value is -0.630. The minimum Gasteiger partial charge on any atom is -0.495 e. The number of likely N-dealkylation sites (tertiary alicyclic amines) is 1. The van der Waals surface area contributed by atoms with E-state index in [0.29, 0.717) is 11.8 Å². The predicted molar refractivity (Wildman–Crippen MR) is 81.2 cm³/mol. The monoisotopic (exact) mass is 283 g/mol. The number of ether oxygens (including phenoxy) is 1. The van der Waals surface area contributed by atoms with Gasteiger partial charge in [0.2, 0.25) is 0 Å². The molecular weight excluding hydrogens is 258 g/mol. The summed E-state index contributed by atoms with van der Waals surface area (Å²) in [6.07, 6.45) is 6.68. The van der Waals surface area contributed by atoms with Crippen molar-refractivity contribution >= 4 is 11.6 Å². The Morgan fingerprint density at radius 3 is 2.79 bits per heavy atom. The van der Waals surface area contributed by atoms with E-state index in [-0.39, 0.29) is 10.9 Å². The van der Waals surface area contributed by atoms with Gasteiger partial charge in [-0.15, -0.1) is 11.6 Å². The average Bonchev–Trinajstić information content (AvgIpc) is 2.32. The Labute approximate surface area is 122 Å². The van der Waals surface area contributed by atoms with Crippen LogP contribution >= 0.6 is 11.6 Å². The lowest BCUT2D eigenvalue weighted by Gasteiger charge is -2.53. The van der Waals surface area contributed by atoms with Crippen molar-refractivity contribution in [3.63, 3.8) is 0 Å². The summed E-state index contributed by atoms with van der Waals surface area (Å²) in [6.45, 7) is 9.94. The SMILES string of the molecule is COC1=C2C(CC=C1)C(C)CC(C)(C)N2CC(C)Cl. The Bertz CT molecular complexity index is 398. The molecule has 0 N–H and O–H groups in total. The number of nitrogens with zero attached hydrogens (tertiary/aromatic N) is 1. The molecule has 2 nitrogen and oxygen atoms in total. The van der Waals surface area contributed by atoms with Gasteiger partial charge in [-0.3, -0.25) is 0 Å². The second-order valence-electron chi connectivity index (χ2n) is 6.58. The molecule has 3 heteroatoms. The van der Waals surface area contributed by atoms with Crippen LogP contribution in [0.25, 0.3) is 0 Å². The van der Waals surface area contributed by atoms with E-state index in [2.05, 4.69) is 44.7 Å². The maximum absolute atomic E-state index is 6.27. The highest BCUT2D eigenvalue weighted by atomic mass is 35.5. The van der Waals surface area contributed by atoms with Gasteiger partial charge >= 0.3 is 0 Å². The first-order valence-electron chi connectivity index (χ1n) is 7.23. The van der Waals surface area contributed by atoms with Crippen LogP contribution in [0.5, 0.6) is 0 Å². The second kappa shape index (κ2) is 5.40. The number of allylic oxidation sites excluding steroid dienone is 3. The zero-order valence-electron chi connectivity index (χ0n) is 12.7. The van der Waals surface area contributed by atoms with Crippen molar-refractivity contribution in [2.24, 2.45) is 11.8 Å². The number of piperidine rings is 1. The molecule has 2 rings (SSSR count). The minimum atomic E-state index is 0.142. The highest BCUT2D eigenvalue weighted by molar-refractivity contribution is 6.20. The summed E-state index contributed by atoms with van der Waals surface area (Å²) >= 11 is 6.27. The van der Waals surface area contributed by atoms with Gasteiger partial charge in [0.1, 0.15) is 5.76 Å². The molecule has 0 spiro atoms. The van der Waals surface area contributed by atoms with E-state index < -0.39 is 0 Å². The highest BCUT2D eigenvalue weighted by Gasteiger charge is 2.43. The van der Waals surface area contributed by atoms with E-state index >= 15 is 0 Å². The lowest BCUT2D eigenvalue weighted by Crippen LogP contribution is -2.53. The Kier molecular flexibility index (Phi) is 4.20. The molecule has 1 heterocycles. The molecule has 0 aromatic rings. The van der Waals surface area contributed by atoms with Crippen molar-refractivity contribution in [2.75, 3.05) is 13.7 Å². The normalized spacial score (nSPS) is 31.2. The third kappa shape index (κ3) is 2.79. The van der Waals surface area contributed by atoms with E-state index in [0.717, 1.165) is 18.7 Å². The molecule has 0 bridgehead atoms. The molecule has 0 aromatic heterocycles. The van der Waals surface area contributed by atoms with Crippen molar-refractivity contribution in [3.8, 4) is 0 Å². The zero-order valence-corrected chi connectivity index (χ0v) is 13.5. The standard InChI is InChI=1S/C16H26ClNO/c1-11-9-16(3,4)18(10-12(2)17)15-13(11)7-6-8-14(15)19-5/h6,8,11-13H,7,9-10H2,1-5H3. The number of rotatable bonds is 3. The van der Waals surface area contributed by atoms with Gasteiger partial charge in [0.25, 0.3) is 0 Å². The van der Waals surface area contributed by atoms with Crippen LogP contribution in [-0.4, -0.2) is 29.5 Å². The molecule has 3 unspecified atom stereocenters. The maximum atomic E-state index is 6.27. The fourth-order valence-corrected chi connectivity index (χ4v) is 3.81.